The Balaban J connectivity index is 1.49. The van der Waals surface area contributed by atoms with Crippen LogP contribution in [0.4, 0.5) is 0 Å². The van der Waals surface area contributed by atoms with Crippen molar-refractivity contribution >= 4 is 24.1 Å². The van der Waals surface area contributed by atoms with Crippen LogP contribution in [0.1, 0.15) is 64.9 Å². The molecule has 0 N–H and O–H groups in total. The molecule has 0 amide bonds. The summed E-state index contributed by atoms with van der Waals surface area (Å²) in [6.07, 6.45) is 4.34. The molecule has 0 aromatic heterocycles. The zero-order valence-corrected chi connectivity index (χ0v) is 23.6. The third-order valence-electron chi connectivity index (χ3n) is 8.53. The fourth-order valence-electron chi connectivity index (χ4n) is 7.42. The first-order chi connectivity index (χ1) is 19.1. The minimum atomic E-state index is -1.06. The lowest BCUT2D eigenvalue weighted by Crippen LogP contribution is -2.64. The van der Waals surface area contributed by atoms with E-state index >= 15 is 0 Å². The first-order valence-corrected chi connectivity index (χ1v) is 14.1. The van der Waals surface area contributed by atoms with Crippen LogP contribution >= 0.6 is 0 Å². The molecule has 1 saturated heterocycles. The van der Waals surface area contributed by atoms with Crippen LogP contribution in [0.3, 0.4) is 0 Å². The van der Waals surface area contributed by atoms with Gasteiger partial charge in [-0.15, -0.1) is 0 Å². The minimum Gasteiger partial charge on any atom is -0.497 e. The van der Waals surface area contributed by atoms with Gasteiger partial charge in [0, 0.05) is 27.0 Å². The summed E-state index contributed by atoms with van der Waals surface area (Å²) in [5, 5.41) is 0. The minimum absolute atomic E-state index is 0.194. The second-order valence-corrected chi connectivity index (χ2v) is 11.8. The summed E-state index contributed by atoms with van der Waals surface area (Å²) in [7, 11) is 1.60. The van der Waals surface area contributed by atoms with E-state index in [0.717, 1.165) is 24.8 Å². The second kappa shape index (κ2) is 11.9. The number of rotatable bonds is 9. The molecule has 40 heavy (non-hydrogen) atoms. The highest BCUT2D eigenvalue weighted by Gasteiger charge is 2.57. The average Bonchev–Trinajstić information content (AvgIpc) is 2.87. The Labute approximate surface area is 234 Å². The standard InChI is InChI=1S/C30H39NO9/c1-17(32)36-16-25-27(37-18(2)33)28(38-19(3)34)26(31-15-20-5-7-24(35-4)8-6-20)29(39-25)40-30-12-21-9-22(13-30)11-23(10-21)14-30/h5-8,15,21-23,25-29H,9-14,16H2,1-4H3/t21?,22?,23?,25-,26-,27-,28-,29-,30?/m1/s1. The van der Waals surface area contributed by atoms with Crippen LogP contribution in [0, 0.1) is 17.8 Å². The lowest BCUT2D eigenvalue weighted by molar-refractivity contribution is -0.317. The zero-order chi connectivity index (χ0) is 28.4. The number of methoxy groups -OCH3 is 1. The molecule has 6 rings (SSSR count). The molecule has 5 atom stereocenters. The SMILES string of the molecule is COc1ccc(C=N[C@H]2[C@@H](OC34CC5CC(CC(C5)C3)C4)O[C@H](COC(C)=O)[C@@H](OC(C)=O)[C@@H]2OC(C)=O)cc1. The van der Waals surface area contributed by atoms with Gasteiger partial charge in [-0.1, -0.05) is 0 Å². The summed E-state index contributed by atoms with van der Waals surface area (Å²) in [6.45, 7) is 3.65. The van der Waals surface area contributed by atoms with Crippen molar-refractivity contribution in [3.63, 3.8) is 0 Å². The molecule has 0 unspecified atom stereocenters. The van der Waals surface area contributed by atoms with Crippen LogP contribution in [0.5, 0.6) is 5.75 Å². The Hall–Kier alpha value is -2.98. The monoisotopic (exact) mass is 557 g/mol. The van der Waals surface area contributed by atoms with Crippen molar-refractivity contribution in [3.05, 3.63) is 29.8 Å². The number of carbonyl (C=O) groups excluding carboxylic acids is 3. The molecule has 1 aromatic carbocycles. The van der Waals surface area contributed by atoms with E-state index in [1.165, 1.54) is 40.0 Å². The number of nitrogens with zero attached hydrogens (tertiary/aromatic N) is 1. The van der Waals surface area contributed by atoms with E-state index < -0.39 is 48.6 Å². The predicted molar refractivity (Wildman–Crippen MR) is 143 cm³/mol. The maximum absolute atomic E-state index is 12.3. The second-order valence-electron chi connectivity index (χ2n) is 11.8. The van der Waals surface area contributed by atoms with Gasteiger partial charge in [-0.05, 0) is 86.1 Å². The van der Waals surface area contributed by atoms with Gasteiger partial charge in [0.25, 0.3) is 0 Å². The van der Waals surface area contributed by atoms with E-state index in [4.69, 9.17) is 33.4 Å². The number of hydrogen-bond acceptors (Lipinski definition) is 10. The summed E-state index contributed by atoms with van der Waals surface area (Å²) in [4.78, 5) is 41.0. The van der Waals surface area contributed by atoms with Gasteiger partial charge in [-0.25, -0.2) is 0 Å². The van der Waals surface area contributed by atoms with Crippen LogP contribution < -0.4 is 4.74 Å². The lowest BCUT2D eigenvalue weighted by atomic mass is 9.54. The topological polar surface area (TPSA) is 119 Å². The highest BCUT2D eigenvalue weighted by atomic mass is 16.7. The first-order valence-electron chi connectivity index (χ1n) is 14.1. The molecule has 1 heterocycles. The van der Waals surface area contributed by atoms with Crippen molar-refractivity contribution in [1.29, 1.82) is 0 Å². The average molecular weight is 558 g/mol. The number of benzene rings is 1. The predicted octanol–water partition coefficient (Wildman–Crippen LogP) is 3.62. The van der Waals surface area contributed by atoms with Crippen LogP contribution in [-0.2, 0) is 38.1 Å². The van der Waals surface area contributed by atoms with Crippen molar-refractivity contribution in [2.45, 2.75) is 95.5 Å². The van der Waals surface area contributed by atoms with E-state index in [2.05, 4.69) is 0 Å². The maximum Gasteiger partial charge on any atom is 0.303 e. The summed E-state index contributed by atoms with van der Waals surface area (Å²) in [5.41, 5.74) is 0.441. The molecule has 5 fully saturated rings. The molecule has 10 nitrogen and oxygen atoms in total. The molecule has 4 bridgehead atoms. The Morgan fingerprint density at radius 2 is 1.48 bits per heavy atom. The van der Waals surface area contributed by atoms with Gasteiger partial charge >= 0.3 is 17.9 Å². The first kappa shape index (κ1) is 28.5. The Morgan fingerprint density at radius 3 is 2.00 bits per heavy atom. The van der Waals surface area contributed by atoms with Gasteiger partial charge in [0.15, 0.2) is 18.5 Å². The largest absolute Gasteiger partial charge is 0.497 e. The number of aliphatic imine (C=N–C) groups is 1. The van der Waals surface area contributed by atoms with E-state index in [9.17, 15) is 14.4 Å². The van der Waals surface area contributed by atoms with Crippen molar-refractivity contribution in [1.82, 2.24) is 0 Å². The number of ether oxygens (including phenoxy) is 6. The van der Waals surface area contributed by atoms with E-state index in [-0.39, 0.29) is 12.2 Å². The molecule has 4 aliphatic carbocycles. The molecule has 5 aliphatic rings. The molecule has 218 valence electrons. The van der Waals surface area contributed by atoms with Crippen LogP contribution in [0.15, 0.2) is 29.3 Å². The number of carbonyl (C=O) groups is 3. The smallest absolute Gasteiger partial charge is 0.303 e. The van der Waals surface area contributed by atoms with Crippen LogP contribution in [-0.4, -0.2) is 74.1 Å². The number of hydrogen-bond donors (Lipinski definition) is 0. The van der Waals surface area contributed by atoms with Crippen LogP contribution in [0.2, 0.25) is 0 Å². The Kier molecular flexibility index (Phi) is 8.47. The zero-order valence-electron chi connectivity index (χ0n) is 23.6. The fourth-order valence-corrected chi connectivity index (χ4v) is 7.42. The molecule has 0 radical (unpaired) electrons. The fraction of sp³-hybridized carbons (Fsp3) is 0.667. The summed E-state index contributed by atoms with van der Waals surface area (Å²) < 4.78 is 35.3. The number of esters is 3. The molecule has 4 saturated carbocycles. The molecular weight excluding hydrogens is 518 g/mol. The molecule has 1 aliphatic heterocycles. The van der Waals surface area contributed by atoms with Gasteiger partial charge in [0.2, 0.25) is 0 Å². The van der Waals surface area contributed by atoms with Gasteiger partial charge < -0.3 is 28.4 Å². The highest BCUT2D eigenvalue weighted by Crippen LogP contribution is 2.57. The van der Waals surface area contributed by atoms with Gasteiger partial charge in [-0.2, -0.15) is 0 Å². The van der Waals surface area contributed by atoms with E-state index in [1.54, 1.807) is 13.3 Å². The van der Waals surface area contributed by atoms with Crippen molar-refractivity contribution in [2.75, 3.05) is 13.7 Å². The van der Waals surface area contributed by atoms with Gasteiger partial charge in [0.05, 0.1) is 12.7 Å². The quantitative estimate of drug-likeness (QED) is 0.255. The van der Waals surface area contributed by atoms with Crippen molar-refractivity contribution in [2.24, 2.45) is 22.7 Å². The normalized spacial score (nSPS) is 36.3. The Bertz CT molecular complexity index is 1080. The van der Waals surface area contributed by atoms with Crippen molar-refractivity contribution in [3.8, 4) is 5.75 Å². The Morgan fingerprint density at radius 1 is 0.900 bits per heavy atom. The molecule has 0 spiro atoms. The molecule has 1 aromatic rings. The summed E-state index contributed by atoms with van der Waals surface area (Å²) in [6, 6.07) is 6.52. The summed E-state index contributed by atoms with van der Waals surface area (Å²) in [5.74, 6) is 0.947. The maximum atomic E-state index is 12.3. The van der Waals surface area contributed by atoms with Crippen LogP contribution in [0.25, 0.3) is 0 Å². The van der Waals surface area contributed by atoms with Gasteiger partial charge in [0.1, 0.15) is 24.5 Å². The van der Waals surface area contributed by atoms with E-state index in [0.29, 0.717) is 23.5 Å². The third-order valence-corrected chi connectivity index (χ3v) is 8.53. The molecular formula is C30H39NO9. The highest BCUT2D eigenvalue weighted by molar-refractivity contribution is 5.80. The van der Waals surface area contributed by atoms with E-state index in [1.807, 2.05) is 24.3 Å². The third kappa shape index (κ3) is 6.49. The van der Waals surface area contributed by atoms with Crippen molar-refractivity contribution < 1.29 is 42.8 Å². The van der Waals surface area contributed by atoms with Gasteiger partial charge in [-0.3, -0.25) is 19.4 Å². The lowest BCUT2D eigenvalue weighted by Gasteiger charge is -2.58. The molecule has 10 heteroatoms. The summed E-state index contributed by atoms with van der Waals surface area (Å²) >= 11 is 0.